The maximum atomic E-state index is 10.7. The summed E-state index contributed by atoms with van der Waals surface area (Å²) in [5.74, 6) is 1.34. The molecule has 1 aromatic carbocycles. The molecule has 1 saturated heterocycles. The van der Waals surface area contributed by atoms with Crippen LogP contribution in [0.4, 0.5) is 17.5 Å². The third-order valence-electron chi connectivity index (χ3n) is 4.25. The molecule has 132 valence electrons. The van der Waals surface area contributed by atoms with Crippen LogP contribution in [0.3, 0.4) is 0 Å². The number of benzene rings is 1. The Morgan fingerprint density at radius 2 is 2.08 bits per heavy atom. The van der Waals surface area contributed by atoms with Crippen LogP contribution >= 0.6 is 0 Å². The summed E-state index contributed by atoms with van der Waals surface area (Å²) in [5, 5.41) is 17.9. The molecule has 3 aromatic rings. The van der Waals surface area contributed by atoms with Crippen LogP contribution in [0, 0.1) is 10.1 Å². The van der Waals surface area contributed by atoms with Crippen LogP contribution in [0.15, 0.2) is 53.2 Å². The summed E-state index contributed by atoms with van der Waals surface area (Å²) >= 11 is 0. The lowest BCUT2D eigenvalue weighted by atomic mass is 10.2. The van der Waals surface area contributed by atoms with Gasteiger partial charge in [-0.2, -0.15) is 4.98 Å². The molecule has 1 atom stereocenters. The number of nitrogens with zero attached hydrogens (tertiary/aromatic N) is 5. The topological polar surface area (TPSA) is 110 Å². The average molecular weight is 352 g/mol. The van der Waals surface area contributed by atoms with Gasteiger partial charge in [-0.1, -0.05) is 11.2 Å². The maximum Gasteiger partial charge on any atom is 0.322 e. The lowest BCUT2D eigenvalue weighted by Gasteiger charge is -2.17. The maximum absolute atomic E-state index is 10.7. The zero-order valence-corrected chi connectivity index (χ0v) is 13.8. The monoisotopic (exact) mass is 352 g/mol. The van der Waals surface area contributed by atoms with Gasteiger partial charge in [0.25, 0.3) is 5.69 Å². The van der Waals surface area contributed by atoms with Crippen molar-refractivity contribution >= 4 is 17.5 Å². The molecule has 9 nitrogen and oxygen atoms in total. The van der Waals surface area contributed by atoms with Crippen molar-refractivity contribution in [2.45, 2.75) is 12.5 Å². The second-order valence-electron chi connectivity index (χ2n) is 5.99. The Morgan fingerprint density at radius 3 is 2.81 bits per heavy atom. The van der Waals surface area contributed by atoms with E-state index in [1.165, 1.54) is 12.1 Å². The predicted molar refractivity (Wildman–Crippen MR) is 94.9 cm³/mol. The molecule has 9 heteroatoms. The number of nitrogens with one attached hydrogen (secondary N) is 1. The lowest BCUT2D eigenvalue weighted by molar-refractivity contribution is -0.384. The van der Waals surface area contributed by atoms with E-state index in [-0.39, 0.29) is 11.7 Å². The SMILES string of the molecule is O=[N+]([O-])c1ccc(-c2noc(N[C@@H]3CCN(c4ccccn4)C3)n2)cc1. The number of nitro groups is 1. The van der Waals surface area contributed by atoms with Crippen molar-refractivity contribution in [1.29, 1.82) is 0 Å². The summed E-state index contributed by atoms with van der Waals surface area (Å²) in [6.45, 7) is 1.70. The number of nitro benzene ring substituents is 1. The van der Waals surface area contributed by atoms with Crippen LogP contribution in [-0.4, -0.2) is 39.2 Å². The summed E-state index contributed by atoms with van der Waals surface area (Å²) in [5.41, 5.74) is 0.685. The molecule has 1 N–H and O–H groups in total. The summed E-state index contributed by atoms with van der Waals surface area (Å²) in [4.78, 5) is 21.2. The number of hydrogen-bond acceptors (Lipinski definition) is 8. The Morgan fingerprint density at radius 1 is 1.23 bits per heavy atom. The van der Waals surface area contributed by atoms with E-state index in [4.69, 9.17) is 4.52 Å². The molecule has 0 radical (unpaired) electrons. The van der Waals surface area contributed by atoms with Gasteiger partial charge in [-0.3, -0.25) is 10.1 Å². The second kappa shape index (κ2) is 6.79. The van der Waals surface area contributed by atoms with Gasteiger partial charge in [-0.05, 0) is 30.7 Å². The highest BCUT2D eigenvalue weighted by molar-refractivity contribution is 5.57. The van der Waals surface area contributed by atoms with Crippen LogP contribution in [0.1, 0.15) is 6.42 Å². The fourth-order valence-electron chi connectivity index (χ4n) is 2.93. The van der Waals surface area contributed by atoms with Crippen molar-refractivity contribution in [3.63, 3.8) is 0 Å². The number of non-ortho nitro benzene ring substituents is 1. The van der Waals surface area contributed by atoms with Crippen molar-refractivity contribution in [3.05, 3.63) is 58.8 Å². The fourth-order valence-corrected chi connectivity index (χ4v) is 2.93. The van der Waals surface area contributed by atoms with Crippen LogP contribution in [0.2, 0.25) is 0 Å². The number of rotatable bonds is 5. The van der Waals surface area contributed by atoms with E-state index in [2.05, 4.69) is 25.3 Å². The molecule has 0 bridgehead atoms. The minimum Gasteiger partial charge on any atom is -0.354 e. The molecule has 0 spiro atoms. The smallest absolute Gasteiger partial charge is 0.322 e. The molecule has 1 aliphatic heterocycles. The molecule has 4 rings (SSSR count). The summed E-state index contributed by atoms with van der Waals surface area (Å²) in [6, 6.07) is 12.4. The summed E-state index contributed by atoms with van der Waals surface area (Å²) < 4.78 is 5.26. The van der Waals surface area contributed by atoms with Gasteiger partial charge in [0.2, 0.25) is 5.82 Å². The summed E-state index contributed by atoms with van der Waals surface area (Å²) in [6.07, 6.45) is 2.72. The van der Waals surface area contributed by atoms with Gasteiger partial charge < -0.3 is 14.7 Å². The molecule has 26 heavy (non-hydrogen) atoms. The zero-order valence-electron chi connectivity index (χ0n) is 13.8. The highest BCUT2D eigenvalue weighted by atomic mass is 16.6. The first-order valence-electron chi connectivity index (χ1n) is 8.20. The van der Waals surface area contributed by atoms with Gasteiger partial charge in [0.15, 0.2) is 0 Å². The second-order valence-corrected chi connectivity index (χ2v) is 5.99. The number of pyridine rings is 1. The molecule has 1 fully saturated rings. The van der Waals surface area contributed by atoms with Gasteiger partial charge in [0.05, 0.1) is 4.92 Å². The first kappa shape index (κ1) is 16.0. The van der Waals surface area contributed by atoms with E-state index in [1.807, 2.05) is 18.2 Å². The molecule has 0 unspecified atom stereocenters. The van der Waals surface area contributed by atoms with E-state index in [0.29, 0.717) is 17.4 Å². The van der Waals surface area contributed by atoms with Crippen LogP contribution in [-0.2, 0) is 0 Å². The fraction of sp³-hybridized carbons (Fsp3) is 0.235. The van der Waals surface area contributed by atoms with Crippen LogP contribution < -0.4 is 10.2 Å². The normalized spacial score (nSPS) is 16.6. The Hall–Kier alpha value is -3.49. The molecule has 0 saturated carbocycles. The Labute approximate surface area is 148 Å². The van der Waals surface area contributed by atoms with Gasteiger partial charge >= 0.3 is 6.01 Å². The molecular formula is C17H16N6O3. The van der Waals surface area contributed by atoms with E-state index in [9.17, 15) is 10.1 Å². The van der Waals surface area contributed by atoms with Crippen molar-refractivity contribution in [3.8, 4) is 11.4 Å². The van der Waals surface area contributed by atoms with Crippen molar-refractivity contribution < 1.29 is 9.45 Å². The lowest BCUT2D eigenvalue weighted by Crippen LogP contribution is -2.26. The van der Waals surface area contributed by atoms with E-state index in [1.54, 1.807) is 18.3 Å². The van der Waals surface area contributed by atoms with Crippen molar-refractivity contribution in [1.82, 2.24) is 15.1 Å². The predicted octanol–water partition coefficient (Wildman–Crippen LogP) is 2.73. The van der Waals surface area contributed by atoms with Gasteiger partial charge in [0.1, 0.15) is 5.82 Å². The van der Waals surface area contributed by atoms with Gasteiger partial charge in [-0.25, -0.2) is 4.98 Å². The Bertz CT molecular complexity index is 896. The van der Waals surface area contributed by atoms with E-state index in [0.717, 1.165) is 25.3 Å². The zero-order chi connectivity index (χ0) is 17.9. The van der Waals surface area contributed by atoms with Gasteiger partial charge in [0, 0.05) is 43.0 Å². The Kier molecular flexibility index (Phi) is 4.18. The minimum absolute atomic E-state index is 0.0242. The molecular weight excluding hydrogens is 336 g/mol. The van der Waals surface area contributed by atoms with Crippen LogP contribution in [0.25, 0.3) is 11.4 Å². The quantitative estimate of drug-likeness (QED) is 0.551. The Balaban J connectivity index is 1.40. The van der Waals surface area contributed by atoms with Crippen molar-refractivity contribution in [2.24, 2.45) is 0 Å². The highest BCUT2D eigenvalue weighted by Crippen LogP contribution is 2.23. The highest BCUT2D eigenvalue weighted by Gasteiger charge is 2.24. The largest absolute Gasteiger partial charge is 0.354 e. The van der Waals surface area contributed by atoms with Gasteiger partial charge in [-0.15, -0.1) is 0 Å². The molecule has 0 amide bonds. The minimum atomic E-state index is -0.444. The standard InChI is InChI=1S/C17H16N6O3/c24-23(25)14-6-4-12(5-7-14)16-20-17(26-21-16)19-13-8-10-22(11-13)15-3-1-2-9-18-15/h1-7,9,13H,8,10-11H2,(H,19,20,21)/t13-/m1/s1. The first-order valence-corrected chi connectivity index (χ1v) is 8.20. The number of aromatic nitrogens is 3. The molecule has 2 aromatic heterocycles. The number of hydrogen-bond donors (Lipinski definition) is 1. The third-order valence-corrected chi connectivity index (χ3v) is 4.25. The summed E-state index contributed by atoms with van der Waals surface area (Å²) in [7, 11) is 0. The molecule has 1 aliphatic rings. The van der Waals surface area contributed by atoms with E-state index < -0.39 is 4.92 Å². The molecule has 3 heterocycles. The first-order chi connectivity index (χ1) is 12.7. The average Bonchev–Trinajstić information content (AvgIpc) is 3.33. The third kappa shape index (κ3) is 3.32. The number of anilines is 2. The van der Waals surface area contributed by atoms with E-state index >= 15 is 0 Å². The van der Waals surface area contributed by atoms with Crippen molar-refractivity contribution in [2.75, 3.05) is 23.3 Å². The molecule has 0 aliphatic carbocycles. The van der Waals surface area contributed by atoms with Crippen LogP contribution in [0.5, 0.6) is 0 Å².